The van der Waals surface area contributed by atoms with Gasteiger partial charge in [-0.05, 0) is 31.6 Å². The second-order valence-corrected chi connectivity index (χ2v) is 6.25. The Morgan fingerprint density at radius 1 is 1.38 bits per heavy atom. The molecule has 0 bridgehead atoms. The van der Waals surface area contributed by atoms with Gasteiger partial charge in [-0.15, -0.1) is 0 Å². The number of nitrogens with zero attached hydrogens (tertiary/aromatic N) is 2. The summed E-state index contributed by atoms with van der Waals surface area (Å²) in [5.74, 6) is 0.935. The zero-order chi connectivity index (χ0) is 14.7. The topological polar surface area (TPSA) is 66.9 Å². The molecule has 1 fully saturated rings. The molecule has 0 saturated heterocycles. The number of aromatic nitrogens is 2. The zero-order valence-corrected chi connectivity index (χ0v) is 12.6. The lowest BCUT2D eigenvalue weighted by atomic mass is 9.83. The van der Waals surface area contributed by atoms with Crippen LogP contribution in [0.5, 0.6) is 0 Å². The minimum atomic E-state index is -0.283. The number of nitrogens with one attached hydrogen (secondary N) is 2. The first-order valence-electron chi connectivity index (χ1n) is 8.10. The highest BCUT2D eigenvalue weighted by atomic mass is 16.2. The summed E-state index contributed by atoms with van der Waals surface area (Å²) in [7, 11) is 0. The van der Waals surface area contributed by atoms with Gasteiger partial charge in [0, 0.05) is 24.3 Å². The molecule has 114 valence electrons. The summed E-state index contributed by atoms with van der Waals surface area (Å²) in [6, 6.07) is 0.0515. The standard InChI is InChI=1S/C16H24N4O/c1-2-3-11-4-6-12(7-5-11)20-16(21)15-13-8-17-10-19-14(13)9-18-15/h8,10-12,15,18H,2-7,9H2,1H3,(H,20,21). The van der Waals surface area contributed by atoms with Crippen molar-refractivity contribution >= 4 is 5.91 Å². The SMILES string of the molecule is CCCC1CCC(NC(=O)C2NCc3ncncc32)CC1. The third kappa shape index (κ3) is 3.23. The Morgan fingerprint density at radius 3 is 2.95 bits per heavy atom. The lowest BCUT2D eigenvalue weighted by Gasteiger charge is -2.29. The summed E-state index contributed by atoms with van der Waals surface area (Å²) in [4.78, 5) is 20.7. The molecule has 1 amide bonds. The van der Waals surface area contributed by atoms with Crippen LogP contribution in [0.4, 0.5) is 0 Å². The fourth-order valence-corrected chi connectivity index (χ4v) is 3.59. The van der Waals surface area contributed by atoms with Crippen LogP contribution in [0.1, 0.15) is 62.7 Å². The smallest absolute Gasteiger partial charge is 0.242 e. The van der Waals surface area contributed by atoms with E-state index in [1.807, 2.05) is 0 Å². The van der Waals surface area contributed by atoms with Crippen LogP contribution >= 0.6 is 0 Å². The van der Waals surface area contributed by atoms with Gasteiger partial charge in [-0.25, -0.2) is 9.97 Å². The third-order valence-electron chi connectivity index (χ3n) is 4.76. The van der Waals surface area contributed by atoms with Crippen molar-refractivity contribution < 1.29 is 4.79 Å². The Morgan fingerprint density at radius 2 is 2.19 bits per heavy atom. The van der Waals surface area contributed by atoms with Gasteiger partial charge in [0.05, 0.1) is 5.69 Å². The molecule has 0 spiro atoms. The van der Waals surface area contributed by atoms with E-state index in [2.05, 4.69) is 27.5 Å². The minimum Gasteiger partial charge on any atom is -0.352 e. The van der Waals surface area contributed by atoms with Crippen LogP contribution in [0.3, 0.4) is 0 Å². The fourth-order valence-electron chi connectivity index (χ4n) is 3.59. The van der Waals surface area contributed by atoms with Gasteiger partial charge < -0.3 is 5.32 Å². The van der Waals surface area contributed by atoms with E-state index >= 15 is 0 Å². The van der Waals surface area contributed by atoms with Gasteiger partial charge >= 0.3 is 0 Å². The molecule has 5 nitrogen and oxygen atoms in total. The molecule has 21 heavy (non-hydrogen) atoms. The van der Waals surface area contributed by atoms with Crippen LogP contribution in [-0.2, 0) is 11.3 Å². The van der Waals surface area contributed by atoms with E-state index in [1.165, 1.54) is 32.0 Å². The van der Waals surface area contributed by atoms with Crippen LogP contribution in [0.25, 0.3) is 0 Å². The van der Waals surface area contributed by atoms with E-state index in [4.69, 9.17) is 0 Å². The van der Waals surface area contributed by atoms with E-state index in [-0.39, 0.29) is 11.9 Å². The Balaban J connectivity index is 1.54. The molecule has 1 aromatic rings. The molecule has 1 aliphatic carbocycles. The maximum atomic E-state index is 12.5. The summed E-state index contributed by atoms with van der Waals surface area (Å²) in [5.41, 5.74) is 1.87. The lowest BCUT2D eigenvalue weighted by Crippen LogP contribution is -2.42. The van der Waals surface area contributed by atoms with Crippen molar-refractivity contribution in [2.24, 2.45) is 5.92 Å². The Kier molecular flexibility index (Phi) is 4.48. The van der Waals surface area contributed by atoms with Crippen molar-refractivity contribution in [2.75, 3.05) is 0 Å². The second-order valence-electron chi connectivity index (χ2n) is 6.25. The Bertz CT molecular complexity index is 497. The number of hydrogen-bond donors (Lipinski definition) is 2. The highest BCUT2D eigenvalue weighted by molar-refractivity contribution is 5.84. The Hall–Kier alpha value is -1.49. The van der Waals surface area contributed by atoms with Gasteiger partial charge in [0.15, 0.2) is 0 Å². The summed E-state index contributed by atoms with van der Waals surface area (Å²) < 4.78 is 0. The molecular formula is C16H24N4O. The van der Waals surface area contributed by atoms with Crippen molar-refractivity contribution in [3.05, 3.63) is 23.8 Å². The molecule has 1 aromatic heterocycles. The van der Waals surface area contributed by atoms with Gasteiger partial charge in [-0.3, -0.25) is 10.1 Å². The van der Waals surface area contributed by atoms with Crippen molar-refractivity contribution in [3.8, 4) is 0 Å². The number of fused-ring (bicyclic) bond motifs is 1. The predicted molar refractivity (Wildman–Crippen MR) is 80.4 cm³/mol. The number of rotatable bonds is 4. The molecule has 2 heterocycles. The summed E-state index contributed by atoms with van der Waals surface area (Å²) in [6.45, 7) is 2.90. The van der Waals surface area contributed by atoms with E-state index in [9.17, 15) is 4.79 Å². The Labute approximate surface area is 125 Å². The molecule has 3 rings (SSSR count). The average molecular weight is 288 g/mol. The third-order valence-corrected chi connectivity index (χ3v) is 4.76. The maximum Gasteiger partial charge on any atom is 0.242 e. The van der Waals surface area contributed by atoms with Gasteiger partial charge in [0.1, 0.15) is 12.4 Å². The number of amides is 1. The largest absolute Gasteiger partial charge is 0.352 e. The number of carbonyl (C=O) groups is 1. The van der Waals surface area contributed by atoms with Crippen molar-refractivity contribution in [2.45, 2.75) is 64.1 Å². The molecule has 2 N–H and O–H groups in total. The summed E-state index contributed by atoms with van der Waals surface area (Å²) in [6.07, 6.45) is 10.6. The number of carbonyl (C=O) groups excluding carboxylic acids is 1. The van der Waals surface area contributed by atoms with Crippen LogP contribution in [0.15, 0.2) is 12.5 Å². The average Bonchev–Trinajstić information content (AvgIpc) is 2.93. The van der Waals surface area contributed by atoms with Crippen LogP contribution < -0.4 is 10.6 Å². The normalized spacial score (nSPS) is 28.1. The van der Waals surface area contributed by atoms with Crippen LogP contribution in [0, 0.1) is 5.92 Å². The van der Waals surface area contributed by atoms with E-state index < -0.39 is 0 Å². The zero-order valence-electron chi connectivity index (χ0n) is 12.6. The van der Waals surface area contributed by atoms with Crippen molar-refractivity contribution in [1.82, 2.24) is 20.6 Å². The molecule has 1 unspecified atom stereocenters. The molecule has 1 saturated carbocycles. The summed E-state index contributed by atoms with van der Waals surface area (Å²) >= 11 is 0. The predicted octanol–water partition coefficient (Wildman–Crippen LogP) is 2.10. The molecule has 5 heteroatoms. The first kappa shape index (κ1) is 14.4. The first-order valence-corrected chi connectivity index (χ1v) is 8.10. The van der Waals surface area contributed by atoms with Gasteiger partial charge in [-0.1, -0.05) is 19.8 Å². The molecular weight excluding hydrogens is 264 g/mol. The molecule has 2 aliphatic rings. The maximum absolute atomic E-state index is 12.5. The molecule has 0 radical (unpaired) electrons. The van der Waals surface area contributed by atoms with Crippen LogP contribution in [0.2, 0.25) is 0 Å². The first-order chi connectivity index (χ1) is 10.3. The van der Waals surface area contributed by atoms with Crippen molar-refractivity contribution in [3.63, 3.8) is 0 Å². The van der Waals surface area contributed by atoms with Crippen molar-refractivity contribution in [1.29, 1.82) is 0 Å². The molecule has 1 aliphatic heterocycles. The van der Waals surface area contributed by atoms with Gasteiger partial charge in [0.25, 0.3) is 0 Å². The molecule has 1 atom stereocenters. The van der Waals surface area contributed by atoms with Gasteiger partial charge in [-0.2, -0.15) is 0 Å². The lowest BCUT2D eigenvalue weighted by molar-refractivity contribution is -0.124. The number of hydrogen-bond acceptors (Lipinski definition) is 4. The summed E-state index contributed by atoms with van der Waals surface area (Å²) in [5, 5.41) is 6.43. The molecule has 0 aromatic carbocycles. The van der Waals surface area contributed by atoms with E-state index in [1.54, 1.807) is 6.20 Å². The second kappa shape index (κ2) is 6.52. The highest BCUT2D eigenvalue weighted by Gasteiger charge is 2.31. The minimum absolute atomic E-state index is 0.0718. The van der Waals surface area contributed by atoms with E-state index in [0.29, 0.717) is 12.6 Å². The highest BCUT2D eigenvalue weighted by Crippen LogP contribution is 2.29. The van der Waals surface area contributed by atoms with Gasteiger partial charge in [0.2, 0.25) is 5.91 Å². The monoisotopic (exact) mass is 288 g/mol. The van der Waals surface area contributed by atoms with E-state index in [0.717, 1.165) is 30.0 Å². The fraction of sp³-hybridized carbons (Fsp3) is 0.688. The quantitative estimate of drug-likeness (QED) is 0.890. The van der Waals surface area contributed by atoms with Crippen LogP contribution in [-0.4, -0.2) is 21.9 Å².